The van der Waals surface area contributed by atoms with Crippen molar-refractivity contribution in [2.45, 2.75) is 32.4 Å². The van der Waals surface area contributed by atoms with E-state index < -0.39 is 21.7 Å². The average molecular weight is 450 g/mol. The predicted octanol–water partition coefficient (Wildman–Crippen LogP) is 2.81. The smallest absolute Gasteiger partial charge is 0.308 e. The monoisotopic (exact) mass is 449 g/mol. The zero-order valence-electron chi connectivity index (χ0n) is 17.5. The van der Waals surface area contributed by atoms with Gasteiger partial charge in [-0.15, -0.1) is 0 Å². The molecule has 0 spiro atoms. The van der Waals surface area contributed by atoms with Gasteiger partial charge >= 0.3 is 6.03 Å². The molecule has 2 amide bonds. The number of amides is 2. The summed E-state index contributed by atoms with van der Waals surface area (Å²) in [6.45, 7) is 3.67. The van der Waals surface area contributed by atoms with Crippen molar-refractivity contribution in [1.29, 1.82) is 0 Å². The van der Waals surface area contributed by atoms with Crippen molar-refractivity contribution in [2.24, 2.45) is 0 Å². The Hall–Kier alpha value is -2.56. The third-order valence-corrected chi connectivity index (χ3v) is 6.56. The fourth-order valence-corrected chi connectivity index (χ4v) is 4.21. The standard InChI is InChI=1S/C21H28FN5O3S/c1-2-31(29,30)15-24-19-6-4-8-27(14-19)13-16-9-17(22)11-20(10-16)26-21(28)25-18-5-3-7-23-12-18/h3,5,7,9-12,19,24H,2,4,6,8,13-15H2,1H3,(H2,25,26,28)/t19-/m1/s1. The number of halogens is 1. The van der Waals surface area contributed by atoms with Crippen LogP contribution in [0.3, 0.4) is 0 Å². The number of rotatable bonds is 8. The Kier molecular flexibility index (Phi) is 7.94. The van der Waals surface area contributed by atoms with E-state index >= 15 is 0 Å². The highest BCUT2D eigenvalue weighted by Crippen LogP contribution is 2.19. The largest absolute Gasteiger partial charge is 0.323 e. The molecule has 31 heavy (non-hydrogen) atoms. The number of piperidine rings is 1. The van der Waals surface area contributed by atoms with Gasteiger partial charge in [0.05, 0.1) is 17.8 Å². The first-order chi connectivity index (χ1) is 14.8. The molecule has 1 aliphatic heterocycles. The van der Waals surface area contributed by atoms with E-state index in [1.807, 2.05) is 0 Å². The molecule has 0 unspecified atom stereocenters. The molecule has 2 heterocycles. The molecule has 8 nitrogen and oxygen atoms in total. The van der Waals surface area contributed by atoms with Crippen LogP contribution >= 0.6 is 0 Å². The minimum atomic E-state index is -3.07. The Labute approximate surface area is 182 Å². The molecular formula is C21H28FN5O3S. The zero-order valence-corrected chi connectivity index (χ0v) is 18.3. The van der Waals surface area contributed by atoms with E-state index in [-0.39, 0.29) is 17.7 Å². The van der Waals surface area contributed by atoms with Crippen LogP contribution in [-0.2, 0) is 16.4 Å². The lowest BCUT2D eigenvalue weighted by Gasteiger charge is -2.33. The highest BCUT2D eigenvalue weighted by atomic mass is 32.2. The second kappa shape index (κ2) is 10.7. The molecule has 1 saturated heterocycles. The lowest BCUT2D eigenvalue weighted by atomic mass is 10.0. The van der Waals surface area contributed by atoms with Crippen LogP contribution in [0.1, 0.15) is 25.3 Å². The molecule has 1 aromatic heterocycles. The van der Waals surface area contributed by atoms with Gasteiger partial charge in [0.1, 0.15) is 5.82 Å². The summed E-state index contributed by atoms with van der Waals surface area (Å²) in [5.41, 5.74) is 1.63. The molecule has 3 N–H and O–H groups in total. The van der Waals surface area contributed by atoms with E-state index in [1.165, 1.54) is 18.3 Å². The number of urea groups is 1. The van der Waals surface area contributed by atoms with Crippen molar-refractivity contribution in [3.05, 3.63) is 54.1 Å². The molecule has 1 atom stereocenters. The summed E-state index contributed by atoms with van der Waals surface area (Å²) in [7, 11) is -3.07. The third kappa shape index (κ3) is 7.57. The molecule has 10 heteroatoms. The summed E-state index contributed by atoms with van der Waals surface area (Å²) >= 11 is 0. The van der Waals surface area contributed by atoms with Gasteiger partial charge in [-0.3, -0.25) is 15.2 Å². The van der Waals surface area contributed by atoms with Crippen LogP contribution in [0.4, 0.5) is 20.6 Å². The number of aromatic nitrogens is 1. The fraction of sp³-hybridized carbons (Fsp3) is 0.429. The molecule has 0 radical (unpaired) electrons. The number of hydrogen-bond acceptors (Lipinski definition) is 6. The van der Waals surface area contributed by atoms with Crippen molar-refractivity contribution >= 4 is 27.2 Å². The molecule has 2 aromatic rings. The van der Waals surface area contributed by atoms with Crippen molar-refractivity contribution in [2.75, 3.05) is 35.4 Å². The fourth-order valence-electron chi connectivity index (χ4n) is 3.51. The van der Waals surface area contributed by atoms with Gasteiger partial charge in [0.2, 0.25) is 0 Å². The molecular weight excluding hydrogens is 421 g/mol. The number of benzene rings is 1. The quantitative estimate of drug-likeness (QED) is 0.573. The maximum Gasteiger partial charge on any atom is 0.323 e. The Bertz CT molecular complexity index is 988. The summed E-state index contributed by atoms with van der Waals surface area (Å²) in [5, 5.41) is 8.42. The van der Waals surface area contributed by atoms with Gasteiger partial charge in [-0.1, -0.05) is 6.92 Å². The average Bonchev–Trinajstić information content (AvgIpc) is 2.73. The van der Waals surface area contributed by atoms with Crippen LogP contribution in [0, 0.1) is 5.82 Å². The number of carbonyl (C=O) groups excluding carboxylic acids is 1. The Morgan fingerprint density at radius 1 is 1.26 bits per heavy atom. The Morgan fingerprint density at radius 3 is 2.81 bits per heavy atom. The zero-order chi connectivity index (χ0) is 22.3. The summed E-state index contributed by atoms with van der Waals surface area (Å²) in [6, 6.07) is 7.45. The lowest BCUT2D eigenvalue weighted by Crippen LogP contribution is -2.46. The highest BCUT2D eigenvalue weighted by Gasteiger charge is 2.21. The van der Waals surface area contributed by atoms with E-state index in [9.17, 15) is 17.6 Å². The number of hydrogen-bond donors (Lipinski definition) is 3. The number of sulfone groups is 1. The van der Waals surface area contributed by atoms with Gasteiger partial charge in [-0.25, -0.2) is 17.6 Å². The topological polar surface area (TPSA) is 103 Å². The van der Waals surface area contributed by atoms with Crippen LogP contribution in [0.2, 0.25) is 0 Å². The van der Waals surface area contributed by atoms with Gasteiger partial charge in [0.15, 0.2) is 9.84 Å². The minimum Gasteiger partial charge on any atom is -0.308 e. The summed E-state index contributed by atoms with van der Waals surface area (Å²) in [5.74, 6) is -0.346. The van der Waals surface area contributed by atoms with E-state index in [2.05, 4.69) is 25.8 Å². The summed E-state index contributed by atoms with van der Waals surface area (Å²) in [4.78, 5) is 18.3. The third-order valence-electron chi connectivity index (χ3n) is 5.08. The van der Waals surface area contributed by atoms with Crippen LogP contribution < -0.4 is 16.0 Å². The van der Waals surface area contributed by atoms with E-state index in [1.54, 1.807) is 31.3 Å². The molecule has 1 aromatic carbocycles. The molecule has 0 saturated carbocycles. The SMILES string of the molecule is CCS(=O)(=O)CN[C@@H]1CCCN(Cc2cc(F)cc(NC(=O)Nc3cccnc3)c2)C1. The van der Waals surface area contributed by atoms with Crippen LogP contribution in [-0.4, -0.2) is 55.1 Å². The van der Waals surface area contributed by atoms with Gasteiger partial charge in [0, 0.05) is 36.8 Å². The number of carbonyl (C=O) groups is 1. The number of anilines is 2. The maximum atomic E-state index is 14.1. The minimum absolute atomic E-state index is 0.0257. The predicted molar refractivity (Wildman–Crippen MR) is 119 cm³/mol. The normalized spacial score (nSPS) is 17.3. The van der Waals surface area contributed by atoms with Crippen LogP contribution in [0.15, 0.2) is 42.7 Å². The highest BCUT2D eigenvalue weighted by molar-refractivity contribution is 7.91. The molecule has 0 bridgehead atoms. The second-order valence-electron chi connectivity index (χ2n) is 7.62. The first-order valence-electron chi connectivity index (χ1n) is 10.3. The van der Waals surface area contributed by atoms with Gasteiger partial charge in [-0.05, 0) is 55.3 Å². The number of nitrogens with zero attached hydrogens (tertiary/aromatic N) is 2. The first-order valence-corrected chi connectivity index (χ1v) is 12.1. The number of likely N-dealkylation sites (tertiary alicyclic amines) is 1. The summed E-state index contributed by atoms with van der Waals surface area (Å²) < 4.78 is 37.6. The number of nitrogens with one attached hydrogen (secondary N) is 3. The van der Waals surface area contributed by atoms with Crippen molar-refractivity contribution in [1.82, 2.24) is 15.2 Å². The summed E-state index contributed by atoms with van der Waals surface area (Å²) in [6.07, 6.45) is 4.95. The van der Waals surface area contributed by atoms with Crippen LogP contribution in [0.5, 0.6) is 0 Å². The van der Waals surface area contributed by atoms with Crippen molar-refractivity contribution in [3.8, 4) is 0 Å². The Morgan fingerprint density at radius 2 is 2.06 bits per heavy atom. The van der Waals surface area contributed by atoms with E-state index in [4.69, 9.17) is 0 Å². The molecule has 168 valence electrons. The molecule has 1 aliphatic rings. The van der Waals surface area contributed by atoms with Gasteiger partial charge < -0.3 is 10.6 Å². The number of pyridine rings is 1. The maximum absolute atomic E-state index is 14.1. The van der Waals surface area contributed by atoms with E-state index in [0.717, 1.165) is 24.9 Å². The van der Waals surface area contributed by atoms with Crippen LogP contribution in [0.25, 0.3) is 0 Å². The molecule has 0 aliphatic carbocycles. The lowest BCUT2D eigenvalue weighted by molar-refractivity contribution is 0.186. The van der Waals surface area contributed by atoms with Crippen molar-refractivity contribution < 1.29 is 17.6 Å². The van der Waals surface area contributed by atoms with E-state index in [0.29, 0.717) is 24.5 Å². The van der Waals surface area contributed by atoms with Crippen molar-refractivity contribution in [3.63, 3.8) is 0 Å². The molecule has 3 rings (SSSR count). The second-order valence-corrected chi connectivity index (χ2v) is 9.98. The first kappa shape index (κ1) is 23.1. The van der Waals surface area contributed by atoms with Gasteiger partial charge in [-0.2, -0.15) is 0 Å². The molecule has 1 fully saturated rings. The Balaban J connectivity index is 1.57. The van der Waals surface area contributed by atoms with Gasteiger partial charge in [0.25, 0.3) is 0 Å².